The zero-order valence-corrected chi connectivity index (χ0v) is 13.0. The van der Waals surface area contributed by atoms with Crippen molar-refractivity contribution in [1.82, 2.24) is 9.55 Å². The van der Waals surface area contributed by atoms with Gasteiger partial charge in [-0.05, 0) is 30.7 Å². The van der Waals surface area contributed by atoms with E-state index in [2.05, 4.69) is 10.3 Å². The summed E-state index contributed by atoms with van der Waals surface area (Å²) in [4.78, 5) is 39.7. The number of aromatic nitrogens is 2. The maximum absolute atomic E-state index is 12.5. The summed E-state index contributed by atoms with van der Waals surface area (Å²) in [6.45, 7) is 1.90. The number of nitrogens with zero attached hydrogens (tertiary/aromatic N) is 2. The van der Waals surface area contributed by atoms with Gasteiger partial charge in [-0.2, -0.15) is 0 Å². The van der Waals surface area contributed by atoms with Gasteiger partial charge in [-0.25, -0.2) is 4.79 Å². The predicted octanol–water partition coefficient (Wildman–Crippen LogP) is 1.69. The second kappa shape index (κ2) is 6.49. The van der Waals surface area contributed by atoms with Gasteiger partial charge in [-0.1, -0.05) is 0 Å². The Kier molecular flexibility index (Phi) is 4.24. The molecule has 0 saturated carbocycles. The first-order valence-electron chi connectivity index (χ1n) is 7.38. The van der Waals surface area contributed by atoms with Crippen molar-refractivity contribution in [3.63, 3.8) is 0 Å². The molecule has 7 nitrogen and oxygen atoms in total. The molecule has 3 aromatic heterocycles. The number of anilines is 1. The number of nitrogens with one attached hydrogen (secondary N) is 1. The largest absolute Gasteiger partial charge is 0.422 e. The molecular formula is C17H15N3O4. The van der Waals surface area contributed by atoms with E-state index in [0.29, 0.717) is 16.6 Å². The fourth-order valence-electron chi connectivity index (χ4n) is 2.45. The first-order valence-corrected chi connectivity index (χ1v) is 7.38. The highest BCUT2D eigenvalue weighted by atomic mass is 16.4. The minimum absolute atomic E-state index is 0.135. The minimum Gasteiger partial charge on any atom is -0.422 e. The van der Waals surface area contributed by atoms with Crippen LogP contribution in [0.4, 0.5) is 5.69 Å². The van der Waals surface area contributed by atoms with Crippen molar-refractivity contribution in [2.24, 2.45) is 0 Å². The SMILES string of the molecule is Cc1cc(=O)oc2ccn(CCC(=O)Nc3cccnc3)c(=O)c12. The highest BCUT2D eigenvalue weighted by molar-refractivity contribution is 5.90. The Morgan fingerprint density at radius 3 is 2.92 bits per heavy atom. The van der Waals surface area contributed by atoms with Crippen molar-refractivity contribution in [1.29, 1.82) is 0 Å². The topological polar surface area (TPSA) is 94.2 Å². The lowest BCUT2D eigenvalue weighted by atomic mass is 10.2. The predicted molar refractivity (Wildman–Crippen MR) is 89.0 cm³/mol. The Bertz CT molecular complexity index is 1010. The van der Waals surface area contributed by atoms with Crippen LogP contribution in [-0.2, 0) is 11.3 Å². The molecule has 0 aliphatic carbocycles. The first-order chi connectivity index (χ1) is 11.5. The van der Waals surface area contributed by atoms with Crippen molar-refractivity contribution >= 4 is 22.6 Å². The average molecular weight is 325 g/mol. The Balaban J connectivity index is 1.78. The van der Waals surface area contributed by atoms with Crippen LogP contribution in [0.1, 0.15) is 12.0 Å². The van der Waals surface area contributed by atoms with Gasteiger partial charge >= 0.3 is 5.63 Å². The van der Waals surface area contributed by atoms with Gasteiger partial charge in [-0.3, -0.25) is 14.6 Å². The Labute approximate surface area is 136 Å². The number of pyridine rings is 2. The second-order valence-electron chi connectivity index (χ2n) is 5.34. The van der Waals surface area contributed by atoms with Gasteiger partial charge < -0.3 is 14.3 Å². The van der Waals surface area contributed by atoms with Crippen LogP contribution in [0, 0.1) is 6.92 Å². The lowest BCUT2D eigenvalue weighted by Gasteiger charge is -2.08. The Morgan fingerprint density at radius 1 is 1.33 bits per heavy atom. The van der Waals surface area contributed by atoms with Gasteiger partial charge in [0.25, 0.3) is 5.56 Å². The third kappa shape index (κ3) is 3.24. The van der Waals surface area contributed by atoms with Gasteiger partial charge in [-0.15, -0.1) is 0 Å². The fourth-order valence-corrected chi connectivity index (χ4v) is 2.45. The first kappa shape index (κ1) is 15.7. The van der Waals surface area contributed by atoms with Crippen molar-refractivity contribution < 1.29 is 9.21 Å². The third-order valence-electron chi connectivity index (χ3n) is 3.59. The molecule has 0 aliphatic heterocycles. The summed E-state index contributed by atoms with van der Waals surface area (Å²) >= 11 is 0. The maximum Gasteiger partial charge on any atom is 0.336 e. The quantitative estimate of drug-likeness (QED) is 0.787. The van der Waals surface area contributed by atoms with Crippen molar-refractivity contribution in [2.75, 3.05) is 5.32 Å². The third-order valence-corrected chi connectivity index (χ3v) is 3.59. The molecule has 3 heterocycles. The smallest absolute Gasteiger partial charge is 0.336 e. The molecule has 7 heteroatoms. The summed E-state index contributed by atoms with van der Waals surface area (Å²) in [6, 6.07) is 6.30. The Morgan fingerprint density at radius 2 is 2.17 bits per heavy atom. The molecule has 0 aromatic carbocycles. The van der Waals surface area contributed by atoms with Gasteiger partial charge in [0.05, 0.1) is 17.3 Å². The van der Waals surface area contributed by atoms with Crippen LogP contribution in [0.2, 0.25) is 0 Å². The van der Waals surface area contributed by atoms with Crippen LogP contribution < -0.4 is 16.5 Å². The number of carbonyl (C=O) groups is 1. The summed E-state index contributed by atoms with van der Waals surface area (Å²) in [7, 11) is 0. The van der Waals surface area contributed by atoms with E-state index in [-0.39, 0.29) is 30.0 Å². The maximum atomic E-state index is 12.5. The molecule has 1 N–H and O–H groups in total. The standard InChI is InChI=1S/C17H15N3O4/c1-11-9-15(22)24-13-4-7-20(17(23)16(11)13)8-5-14(21)19-12-3-2-6-18-10-12/h2-4,6-7,9-10H,5,8H2,1H3,(H,19,21). The van der Waals surface area contributed by atoms with Crippen molar-refractivity contribution in [2.45, 2.75) is 19.9 Å². The normalized spacial score (nSPS) is 10.7. The molecule has 122 valence electrons. The van der Waals surface area contributed by atoms with Crippen LogP contribution in [0.25, 0.3) is 11.0 Å². The summed E-state index contributed by atoms with van der Waals surface area (Å²) in [6.07, 6.45) is 4.82. The molecule has 0 bridgehead atoms. The van der Waals surface area contributed by atoms with Gasteiger partial charge in [0.2, 0.25) is 5.91 Å². The van der Waals surface area contributed by atoms with E-state index in [1.54, 1.807) is 37.5 Å². The average Bonchev–Trinajstić information content (AvgIpc) is 2.54. The molecule has 0 unspecified atom stereocenters. The van der Waals surface area contributed by atoms with Gasteiger partial charge in [0.15, 0.2) is 0 Å². The molecule has 0 radical (unpaired) electrons. The molecule has 0 aliphatic rings. The van der Waals surface area contributed by atoms with E-state index in [0.717, 1.165) is 0 Å². The zero-order chi connectivity index (χ0) is 17.1. The number of carbonyl (C=O) groups excluding carboxylic acids is 1. The monoisotopic (exact) mass is 325 g/mol. The van der Waals surface area contributed by atoms with Crippen LogP contribution in [0.5, 0.6) is 0 Å². The van der Waals surface area contributed by atoms with Crippen molar-refractivity contribution in [3.8, 4) is 0 Å². The molecule has 0 fully saturated rings. The van der Waals surface area contributed by atoms with Crippen LogP contribution in [-0.4, -0.2) is 15.5 Å². The van der Waals surface area contributed by atoms with E-state index >= 15 is 0 Å². The molecule has 3 rings (SSSR count). The number of aryl methyl sites for hydroxylation is 2. The molecule has 24 heavy (non-hydrogen) atoms. The van der Waals surface area contributed by atoms with Crippen LogP contribution in [0.3, 0.4) is 0 Å². The number of fused-ring (bicyclic) bond motifs is 1. The lowest BCUT2D eigenvalue weighted by Crippen LogP contribution is -2.23. The van der Waals surface area contributed by atoms with Crippen LogP contribution >= 0.6 is 0 Å². The number of hydrogen-bond acceptors (Lipinski definition) is 5. The number of hydrogen-bond donors (Lipinski definition) is 1. The highest BCUT2D eigenvalue weighted by Gasteiger charge is 2.10. The summed E-state index contributed by atoms with van der Waals surface area (Å²) in [5, 5.41) is 3.06. The molecule has 0 saturated heterocycles. The summed E-state index contributed by atoms with van der Waals surface area (Å²) in [5.74, 6) is -0.216. The second-order valence-corrected chi connectivity index (χ2v) is 5.34. The highest BCUT2D eigenvalue weighted by Crippen LogP contribution is 2.11. The zero-order valence-electron chi connectivity index (χ0n) is 13.0. The molecule has 0 atom stereocenters. The lowest BCUT2D eigenvalue weighted by molar-refractivity contribution is -0.116. The molecule has 1 amide bonds. The van der Waals surface area contributed by atoms with Crippen LogP contribution in [0.15, 0.2) is 56.9 Å². The minimum atomic E-state index is -0.493. The Hall–Kier alpha value is -3.22. The van der Waals surface area contributed by atoms with Gasteiger partial charge in [0.1, 0.15) is 5.58 Å². The van der Waals surface area contributed by atoms with Crippen molar-refractivity contribution in [3.05, 3.63) is 69.2 Å². The number of amides is 1. The van der Waals surface area contributed by atoms with E-state index in [1.807, 2.05) is 0 Å². The van der Waals surface area contributed by atoms with E-state index in [1.165, 1.54) is 16.8 Å². The molecule has 0 spiro atoms. The van der Waals surface area contributed by atoms with Gasteiger partial charge in [0, 0.05) is 31.4 Å². The molecule has 3 aromatic rings. The van der Waals surface area contributed by atoms with E-state index in [9.17, 15) is 14.4 Å². The number of rotatable bonds is 4. The summed E-state index contributed by atoms with van der Waals surface area (Å²) in [5.41, 5.74) is 0.628. The fraction of sp³-hybridized carbons (Fsp3) is 0.176. The molecular weight excluding hydrogens is 310 g/mol. The summed E-state index contributed by atoms with van der Waals surface area (Å²) < 4.78 is 6.46. The van der Waals surface area contributed by atoms with E-state index in [4.69, 9.17) is 4.42 Å². The van der Waals surface area contributed by atoms with E-state index < -0.39 is 5.63 Å².